The second kappa shape index (κ2) is 5.72. The lowest BCUT2D eigenvalue weighted by Crippen LogP contribution is -2.26. The van der Waals surface area contributed by atoms with Gasteiger partial charge in [0.1, 0.15) is 40.9 Å². The molecule has 0 aliphatic carbocycles. The number of fused-ring (bicyclic) bond motifs is 1. The lowest BCUT2D eigenvalue weighted by molar-refractivity contribution is 0.0890. The van der Waals surface area contributed by atoms with Gasteiger partial charge in [-0.05, 0) is 6.07 Å². The van der Waals surface area contributed by atoms with E-state index in [1.807, 2.05) is 0 Å². The molecule has 1 aliphatic rings. The molecule has 6 nitrogen and oxygen atoms in total. The van der Waals surface area contributed by atoms with Crippen LogP contribution in [0.4, 0.5) is 0 Å². The average Bonchev–Trinajstić information content (AvgIpc) is 2.54. The highest BCUT2D eigenvalue weighted by Gasteiger charge is 2.34. The molecule has 2 N–H and O–H groups in total. The van der Waals surface area contributed by atoms with E-state index in [9.17, 15) is 15.0 Å². The van der Waals surface area contributed by atoms with E-state index in [2.05, 4.69) is 0 Å². The summed E-state index contributed by atoms with van der Waals surface area (Å²) in [5.74, 6) is -0.0603. The molecule has 0 saturated heterocycles. The fourth-order valence-corrected chi connectivity index (χ4v) is 2.71. The third-order valence-electron chi connectivity index (χ3n) is 3.85. The molecule has 120 valence electrons. The van der Waals surface area contributed by atoms with Gasteiger partial charge in [0.2, 0.25) is 0 Å². The minimum absolute atomic E-state index is 0.0666. The third-order valence-corrected chi connectivity index (χ3v) is 3.85. The van der Waals surface area contributed by atoms with Gasteiger partial charge in [-0.25, -0.2) is 0 Å². The number of hydrogen-bond acceptors (Lipinski definition) is 6. The Kier molecular flexibility index (Phi) is 3.73. The van der Waals surface area contributed by atoms with Crippen LogP contribution in [0.5, 0.6) is 28.7 Å². The minimum atomic E-state index is -0.612. The van der Waals surface area contributed by atoms with Gasteiger partial charge in [-0.3, -0.25) is 4.79 Å². The van der Waals surface area contributed by atoms with Crippen molar-refractivity contribution in [3.8, 4) is 28.7 Å². The Labute approximate surface area is 132 Å². The highest BCUT2D eigenvalue weighted by molar-refractivity contribution is 6.06. The summed E-state index contributed by atoms with van der Waals surface area (Å²) < 4.78 is 16.0. The van der Waals surface area contributed by atoms with Gasteiger partial charge in [-0.1, -0.05) is 6.07 Å². The second-order valence-electron chi connectivity index (χ2n) is 5.17. The van der Waals surface area contributed by atoms with Crippen LogP contribution < -0.4 is 14.2 Å². The molecular formula is C17H16O6. The van der Waals surface area contributed by atoms with Crippen LogP contribution in [0.1, 0.15) is 21.8 Å². The maximum Gasteiger partial charge on any atom is 0.181 e. The van der Waals surface area contributed by atoms with Crippen LogP contribution in [-0.2, 0) is 0 Å². The van der Waals surface area contributed by atoms with Crippen molar-refractivity contribution in [2.24, 2.45) is 0 Å². The number of methoxy groups -OCH3 is 2. The van der Waals surface area contributed by atoms with Crippen molar-refractivity contribution in [1.29, 1.82) is 0 Å². The second-order valence-corrected chi connectivity index (χ2v) is 5.17. The first-order valence-corrected chi connectivity index (χ1v) is 7.00. The van der Waals surface area contributed by atoms with Gasteiger partial charge in [0.25, 0.3) is 0 Å². The summed E-state index contributed by atoms with van der Waals surface area (Å²) in [6, 6.07) is 7.60. The summed E-state index contributed by atoms with van der Waals surface area (Å²) in [7, 11) is 3.06. The topological polar surface area (TPSA) is 85.2 Å². The van der Waals surface area contributed by atoms with Crippen molar-refractivity contribution in [1.82, 2.24) is 0 Å². The minimum Gasteiger partial charge on any atom is -0.508 e. The Hall–Kier alpha value is -2.89. The number of carbonyl (C=O) groups excluding carboxylic acids is 1. The van der Waals surface area contributed by atoms with Crippen LogP contribution in [0.25, 0.3) is 0 Å². The zero-order valence-electron chi connectivity index (χ0n) is 12.7. The molecule has 1 aliphatic heterocycles. The Balaban J connectivity index is 2.05. The summed E-state index contributed by atoms with van der Waals surface area (Å²) in [6.45, 7) is 0.0947. The van der Waals surface area contributed by atoms with E-state index in [1.165, 1.54) is 13.2 Å². The Bertz CT molecular complexity index is 768. The van der Waals surface area contributed by atoms with E-state index in [-0.39, 0.29) is 35.2 Å². The molecule has 6 heteroatoms. The van der Waals surface area contributed by atoms with Gasteiger partial charge in [0, 0.05) is 23.8 Å². The maximum absolute atomic E-state index is 12.8. The number of phenolic OH excluding ortho intramolecular Hbond substituents is 2. The van der Waals surface area contributed by atoms with Crippen LogP contribution in [0.3, 0.4) is 0 Å². The molecule has 0 bridgehead atoms. The van der Waals surface area contributed by atoms with Crippen LogP contribution in [0, 0.1) is 0 Å². The number of rotatable bonds is 3. The first kappa shape index (κ1) is 15.0. The van der Waals surface area contributed by atoms with Crippen LogP contribution in [-0.4, -0.2) is 36.8 Å². The summed E-state index contributed by atoms with van der Waals surface area (Å²) in [5.41, 5.74) is 0.716. The van der Waals surface area contributed by atoms with Gasteiger partial charge in [0.05, 0.1) is 20.1 Å². The van der Waals surface area contributed by atoms with Crippen LogP contribution in [0.2, 0.25) is 0 Å². The quantitative estimate of drug-likeness (QED) is 0.905. The number of aromatic hydroxyl groups is 2. The van der Waals surface area contributed by atoms with E-state index < -0.39 is 5.92 Å². The first-order chi connectivity index (χ1) is 11.0. The highest BCUT2D eigenvalue weighted by Crippen LogP contribution is 2.42. The van der Waals surface area contributed by atoms with E-state index in [0.29, 0.717) is 17.1 Å². The van der Waals surface area contributed by atoms with Gasteiger partial charge < -0.3 is 24.4 Å². The maximum atomic E-state index is 12.8. The number of benzene rings is 2. The molecule has 0 saturated carbocycles. The van der Waals surface area contributed by atoms with Gasteiger partial charge in [-0.2, -0.15) is 0 Å². The Morgan fingerprint density at radius 3 is 2.61 bits per heavy atom. The first-order valence-electron chi connectivity index (χ1n) is 7.00. The number of hydrogen-bond donors (Lipinski definition) is 2. The number of phenols is 2. The fraction of sp³-hybridized carbons (Fsp3) is 0.235. The largest absolute Gasteiger partial charge is 0.508 e. The van der Waals surface area contributed by atoms with Crippen molar-refractivity contribution in [3.05, 3.63) is 41.5 Å². The molecule has 0 spiro atoms. The molecule has 0 fully saturated rings. The number of ketones is 1. The number of Topliss-reactive ketones (excluding diaryl/α,β-unsaturated/α-hetero) is 1. The molecule has 0 radical (unpaired) electrons. The number of carbonyl (C=O) groups is 1. The van der Waals surface area contributed by atoms with Crippen molar-refractivity contribution < 1.29 is 29.2 Å². The fourth-order valence-electron chi connectivity index (χ4n) is 2.71. The lowest BCUT2D eigenvalue weighted by Gasteiger charge is -2.26. The Morgan fingerprint density at radius 2 is 1.91 bits per heavy atom. The van der Waals surface area contributed by atoms with E-state index in [0.717, 1.165) is 6.07 Å². The molecule has 23 heavy (non-hydrogen) atoms. The molecular weight excluding hydrogens is 300 g/mol. The van der Waals surface area contributed by atoms with E-state index >= 15 is 0 Å². The molecule has 2 aromatic carbocycles. The molecule has 0 unspecified atom stereocenters. The summed E-state index contributed by atoms with van der Waals surface area (Å²) >= 11 is 0. The third kappa shape index (κ3) is 2.52. The summed E-state index contributed by atoms with van der Waals surface area (Å²) in [6.07, 6.45) is 0. The smallest absolute Gasteiger partial charge is 0.181 e. The van der Waals surface area contributed by atoms with Crippen molar-refractivity contribution in [2.45, 2.75) is 5.92 Å². The van der Waals surface area contributed by atoms with Crippen molar-refractivity contribution in [2.75, 3.05) is 20.8 Å². The average molecular weight is 316 g/mol. The number of ether oxygens (including phenoxy) is 3. The Morgan fingerprint density at radius 1 is 1.13 bits per heavy atom. The monoisotopic (exact) mass is 316 g/mol. The predicted octanol–water partition coefficient (Wildman–Crippen LogP) is 2.47. The standard InChI is InChI=1S/C17H16O6/c1-21-10-3-4-11(14(7-10)22-2)12-8-23-15-6-9(18)5-13(19)16(15)17(12)20/h3-7,12,18-19H,8H2,1-2H3/t12-/m0/s1. The lowest BCUT2D eigenvalue weighted by atomic mass is 9.88. The zero-order valence-corrected chi connectivity index (χ0v) is 12.7. The summed E-state index contributed by atoms with van der Waals surface area (Å²) in [4.78, 5) is 12.8. The molecule has 2 aromatic rings. The highest BCUT2D eigenvalue weighted by atomic mass is 16.5. The molecule has 1 atom stereocenters. The molecule has 0 aromatic heterocycles. The predicted molar refractivity (Wildman–Crippen MR) is 81.9 cm³/mol. The normalized spacial score (nSPS) is 16.4. The van der Waals surface area contributed by atoms with Crippen LogP contribution in [0.15, 0.2) is 30.3 Å². The van der Waals surface area contributed by atoms with E-state index in [1.54, 1.807) is 25.3 Å². The zero-order chi connectivity index (χ0) is 16.6. The van der Waals surface area contributed by atoms with E-state index in [4.69, 9.17) is 14.2 Å². The molecule has 3 rings (SSSR count). The van der Waals surface area contributed by atoms with Gasteiger partial charge >= 0.3 is 0 Å². The van der Waals surface area contributed by atoms with Crippen LogP contribution >= 0.6 is 0 Å². The SMILES string of the molecule is COc1ccc([C@@H]2COc3cc(O)cc(O)c3C2=O)c(OC)c1. The van der Waals surface area contributed by atoms with Gasteiger partial charge in [0.15, 0.2) is 5.78 Å². The van der Waals surface area contributed by atoms with Crippen molar-refractivity contribution in [3.63, 3.8) is 0 Å². The summed E-state index contributed by atoms with van der Waals surface area (Å²) in [5, 5.41) is 19.5. The molecule has 1 heterocycles. The van der Waals surface area contributed by atoms with Gasteiger partial charge in [-0.15, -0.1) is 0 Å². The molecule has 0 amide bonds. The van der Waals surface area contributed by atoms with Crippen molar-refractivity contribution >= 4 is 5.78 Å².